The van der Waals surface area contributed by atoms with Crippen molar-refractivity contribution in [3.05, 3.63) is 45.9 Å². The van der Waals surface area contributed by atoms with E-state index in [0.29, 0.717) is 12.3 Å². The molecule has 1 heterocycles. The first-order valence-corrected chi connectivity index (χ1v) is 9.00. The van der Waals surface area contributed by atoms with Crippen molar-refractivity contribution in [2.75, 3.05) is 6.54 Å². The van der Waals surface area contributed by atoms with Crippen LogP contribution in [0.3, 0.4) is 0 Å². The summed E-state index contributed by atoms with van der Waals surface area (Å²) in [4.78, 5) is 28.5. The number of ether oxygens (including phenoxy) is 2. The van der Waals surface area contributed by atoms with Gasteiger partial charge < -0.3 is 14.8 Å². The van der Waals surface area contributed by atoms with Gasteiger partial charge in [0.05, 0.1) is 10.7 Å². The second-order valence-corrected chi connectivity index (χ2v) is 6.54. The summed E-state index contributed by atoms with van der Waals surface area (Å²) in [5, 5.41) is 5.57. The van der Waals surface area contributed by atoms with Crippen molar-refractivity contribution >= 4 is 23.2 Å². The third-order valence-corrected chi connectivity index (χ3v) is 4.17. The summed E-state index contributed by atoms with van der Waals surface area (Å²) in [5.41, 5.74) is 1.09. The summed E-state index contributed by atoms with van der Waals surface area (Å²) in [6, 6.07) is 6.80. The number of amides is 1. The maximum absolute atomic E-state index is 12.4. The van der Waals surface area contributed by atoms with Crippen LogP contribution in [0.25, 0.3) is 0 Å². The number of carbonyl (C=O) groups is 2. The van der Waals surface area contributed by atoms with Gasteiger partial charge in [-0.05, 0) is 32.4 Å². The molecule has 2 aromatic rings. The van der Waals surface area contributed by atoms with Crippen LogP contribution in [0, 0.1) is 6.92 Å². The molecule has 2 rings (SSSR count). The minimum Gasteiger partial charge on any atom is -0.486 e. The molecule has 0 unspecified atom stereocenters. The molecule has 1 aromatic heterocycles. The SMILES string of the molecule is CCCNC(=O)[C@@H](C)OC(=O)c1ccccc1OCc1csc(C)n1. The van der Waals surface area contributed by atoms with Crippen molar-refractivity contribution in [3.63, 3.8) is 0 Å². The highest BCUT2D eigenvalue weighted by Gasteiger charge is 2.21. The van der Waals surface area contributed by atoms with Crippen LogP contribution in [0.4, 0.5) is 0 Å². The molecule has 0 bridgehead atoms. The average molecular weight is 362 g/mol. The third-order valence-electron chi connectivity index (χ3n) is 3.35. The lowest BCUT2D eigenvalue weighted by molar-refractivity contribution is -0.129. The molecule has 0 aliphatic carbocycles. The number of nitrogens with zero attached hydrogens (tertiary/aromatic N) is 1. The van der Waals surface area contributed by atoms with Crippen LogP contribution in [0.5, 0.6) is 5.75 Å². The normalized spacial score (nSPS) is 11.6. The number of aromatic nitrogens is 1. The third kappa shape index (κ3) is 5.56. The molecule has 1 N–H and O–H groups in total. The highest BCUT2D eigenvalue weighted by molar-refractivity contribution is 7.09. The van der Waals surface area contributed by atoms with E-state index < -0.39 is 12.1 Å². The number of carbonyl (C=O) groups excluding carboxylic acids is 2. The zero-order chi connectivity index (χ0) is 18.2. The Bertz CT molecular complexity index is 729. The van der Waals surface area contributed by atoms with E-state index in [1.807, 2.05) is 19.2 Å². The van der Waals surface area contributed by atoms with Crippen LogP contribution in [0.2, 0.25) is 0 Å². The van der Waals surface area contributed by atoms with Crippen molar-refractivity contribution in [2.45, 2.75) is 39.9 Å². The van der Waals surface area contributed by atoms with Crippen molar-refractivity contribution < 1.29 is 19.1 Å². The second kappa shape index (κ2) is 9.17. The van der Waals surface area contributed by atoms with E-state index in [1.165, 1.54) is 0 Å². The number of thiazole rings is 1. The summed E-state index contributed by atoms with van der Waals surface area (Å²) in [5.74, 6) is -0.505. The van der Waals surface area contributed by atoms with Crippen molar-refractivity contribution in [3.8, 4) is 5.75 Å². The van der Waals surface area contributed by atoms with E-state index in [1.54, 1.807) is 42.5 Å². The van der Waals surface area contributed by atoms with Crippen LogP contribution in [-0.2, 0) is 16.1 Å². The van der Waals surface area contributed by atoms with E-state index in [4.69, 9.17) is 9.47 Å². The Hall–Kier alpha value is -2.41. The molecule has 0 saturated heterocycles. The molecule has 1 aromatic carbocycles. The van der Waals surface area contributed by atoms with E-state index in [9.17, 15) is 9.59 Å². The molecule has 0 aliphatic rings. The van der Waals surface area contributed by atoms with Gasteiger partial charge in [0.15, 0.2) is 6.10 Å². The van der Waals surface area contributed by atoms with Gasteiger partial charge >= 0.3 is 5.97 Å². The minimum atomic E-state index is -0.867. The number of hydrogen-bond acceptors (Lipinski definition) is 6. The highest BCUT2D eigenvalue weighted by Crippen LogP contribution is 2.21. The predicted octanol–water partition coefficient (Wildman–Crippen LogP) is 3.10. The lowest BCUT2D eigenvalue weighted by Gasteiger charge is -2.15. The maximum atomic E-state index is 12.4. The molecule has 7 heteroatoms. The number of benzene rings is 1. The van der Waals surface area contributed by atoms with Gasteiger partial charge in [-0.2, -0.15) is 0 Å². The lowest BCUT2D eigenvalue weighted by atomic mass is 10.2. The van der Waals surface area contributed by atoms with E-state index in [0.717, 1.165) is 17.1 Å². The molecular formula is C18H22N2O4S. The second-order valence-electron chi connectivity index (χ2n) is 5.48. The Balaban J connectivity index is 2.00. The van der Waals surface area contributed by atoms with E-state index in [-0.39, 0.29) is 18.1 Å². The maximum Gasteiger partial charge on any atom is 0.342 e. The number of para-hydroxylation sites is 1. The number of esters is 1. The van der Waals surface area contributed by atoms with Crippen LogP contribution >= 0.6 is 11.3 Å². The highest BCUT2D eigenvalue weighted by atomic mass is 32.1. The predicted molar refractivity (Wildman–Crippen MR) is 95.8 cm³/mol. The van der Waals surface area contributed by atoms with Gasteiger partial charge in [-0.25, -0.2) is 9.78 Å². The molecule has 0 fully saturated rings. The number of aryl methyl sites for hydroxylation is 1. The Morgan fingerprint density at radius 3 is 2.76 bits per heavy atom. The Morgan fingerprint density at radius 2 is 2.08 bits per heavy atom. The summed E-state index contributed by atoms with van der Waals surface area (Å²) in [6.45, 7) is 6.23. The fourth-order valence-corrected chi connectivity index (χ4v) is 2.65. The van der Waals surface area contributed by atoms with Crippen molar-refractivity contribution in [1.29, 1.82) is 0 Å². The smallest absolute Gasteiger partial charge is 0.342 e. The topological polar surface area (TPSA) is 77.5 Å². The summed E-state index contributed by atoms with van der Waals surface area (Å²) < 4.78 is 11.0. The molecule has 25 heavy (non-hydrogen) atoms. The number of nitrogens with one attached hydrogen (secondary N) is 1. The van der Waals surface area contributed by atoms with Gasteiger partial charge in [0.2, 0.25) is 0 Å². The van der Waals surface area contributed by atoms with Crippen LogP contribution in [-0.4, -0.2) is 29.5 Å². The zero-order valence-corrected chi connectivity index (χ0v) is 15.4. The minimum absolute atomic E-state index is 0.265. The summed E-state index contributed by atoms with van der Waals surface area (Å²) in [7, 11) is 0. The van der Waals surface area contributed by atoms with Gasteiger partial charge in [0.25, 0.3) is 5.91 Å². The first-order valence-electron chi connectivity index (χ1n) is 8.12. The first kappa shape index (κ1) is 18.9. The quantitative estimate of drug-likeness (QED) is 0.730. The van der Waals surface area contributed by atoms with Gasteiger partial charge in [0.1, 0.15) is 17.9 Å². The van der Waals surface area contributed by atoms with E-state index in [2.05, 4.69) is 10.3 Å². The largest absolute Gasteiger partial charge is 0.486 e. The van der Waals surface area contributed by atoms with Crippen LogP contribution < -0.4 is 10.1 Å². The van der Waals surface area contributed by atoms with Gasteiger partial charge in [-0.3, -0.25) is 4.79 Å². The fraction of sp³-hybridized carbons (Fsp3) is 0.389. The van der Waals surface area contributed by atoms with E-state index >= 15 is 0 Å². The standard InChI is InChI=1S/C18H22N2O4S/c1-4-9-19-17(21)12(2)24-18(22)15-7-5-6-8-16(15)23-10-14-11-25-13(3)20-14/h5-8,11-12H,4,9-10H2,1-3H3,(H,19,21)/t12-/m1/s1. The molecule has 0 spiro atoms. The average Bonchev–Trinajstić information content (AvgIpc) is 3.03. The number of rotatable bonds is 8. The molecule has 0 aliphatic heterocycles. The summed E-state index contributed by atoms with van der Waals surface area (Å²) >= 11 is 1.54. The molecular weight excluding hydrogens is 340 g/mol. The molecule has 0 saturated carbocycles. The molecule has 0 radical (unpaired) electrons. The molecule has 1 amide bonds. The Labute approximate surface area is 151 Å². The van der Waals surface area contributed by atoms with Gasteiger partial charge in [0, 0.05) is 11.9 Å². The van der Waals surface area contributed by atoms with Gasteiger partial charge in [-0.15, -0.1) is 11.3 Å². The Kier molecular flexibility index (Phi) is 6.94. The fourth-order valence-electron chi connectivity index (χ4n) is 2.06. The zero-order valence-electron chi connectivity index (χ0n) is 14.6. The van der Waals surface area contributed by atoms with Crippen LogP contribution in [0.1, 0.15) is 41.3 Å². The molecule has 6 nitrogen and oxygen atoms in total. The molecule has 1 atom stereocenters. The van der Waals surface area contributed by atoms with Crippen molar-refractivity contribution in [1.82, 2.24) is 10.3 Å². The monoisotopic (exact) mass is 362 g/mol. The van der Waals surface area contributed by atoms with Gasteiger partial charge in [-0.1, -0.05) is 19.1 Å². The summed E-state index contributed by atoms with van der Waals surface area (Å²) in [6.07, 6.45) is -0.0487. The number of hydrogen-bond donors (Lipinski definition) is 1. The Morgan fingerprint density at radius 1 is 1.32 bits per heavy atom. The molecule has 134 valence electrons. The van der Waals surface area contributed by atoms with Crippen molar-refractivity contribution in [2.24, 2.45) is 0 Å². The lowest BCUT2D eigenvalue weighted by Crippen LogP contribution is -2.36. The van der Waals surface area contributed by atoms with Crippen LogP contribution in [0.15, 0.2) is 29.6 Å². The first-order chi connectivity index (χ1) is 12.0.